The van der Waals surface area contributed by atoms with Crippen molar-refractivity contribution in [3.8, 4) is 0 Å². The minimum Gasteiger partial charge on any atom is -0.396 e. The number of aliphatic hydroxyl groups excluding tert-OH is 1. The highest BCUT2D eigenvalue weighted by atomic mass is 16.3. The lowest BCUT2D eigenvalue weighted by Gasteiger charge is -2.31. The summed E-state index contributed by atoms with van der Waals surface area (Å²) in [5, 5.41) is 12.6. The first-order valence-electron chi connectivity index (χ1n) is 6.46. The summed E-state index contributed by atoms with van der Waals surface area (Å²) in [7, 11) is 0. The maximum absolute atomic E-state index is 8.97. The molecule has 0 saturated carbocycles. The van der Waals surface area contributed by atoms with Crippen LogP contribution in [0.3, 0.4) is 0 Å². The van der Waals surface area contributed by atoms with Crippen molar-refractivity contribution in [1.29, 1.82) is 0 Å². The Labute approximate surface area is 100 Å². The van der Waals surface area contributed by atoms with E-state index in [1.165, 1.54) is 18.4 Å². The predicted molar refractivity (Wildman–Crippen MR) is 69.4 cm³/mol. The van der Waals surface area contributed by atoms with Crippen molar-refractivity contribution >= 4 is 0 Å². The van der Waals surface area contributed by atoms with Gasteiger partial charge in [-0.2, -0.15) is 0 Å². The van der Waals surface area contributed by atoms with Crippen molar-refractivity contribution in [2.75, 3.05) is 13.2 Å². The van der Waals surface area contributed by atoms with Gasteiger partial charge in [0.1, 0.15) is 0 Å². The fourth-order valence-electron chi connectivity index (χ4n) is 2.63. The molecule has 2 atom stereocenters. The van der Waals surface area contributed by atoms with Gasteiger partial charge in [-0.25, -0.2) is 0 Å². The van der Waals surface area contributed by atoms with Crippen molar-refractivity contribution < 1.29 is 5.11 Å². The molecule has 0 heterocycles. The largest absolute Gasteiger partial charge is 0.396 e. The molecule has 0 fully saturated rings. The molecule has 0 saturated heterocycles. The maximum Gasteiger partial charge on any atom is 0.0448 e. The SMILES string of the molecule is CC1=CC(C)CC(CNC(C)(C)CCO)C1. The van der Waals surface area contributed by atoms with Gasteiger partial charge in [0.25, 0.3) is 0 Å². The monoisotopic (exact) mass is 225 g/mol. The summed E-state index contributed by atoms with van der Waals surface area (Å²) in [6.45, 7) is 10.2. The van der Waals surface area contributed by atoms with E-state index in [9.17, 15) is 0 Å². The molecule has 0 aliphatic heterocycles. The van der Waals surface area contributed by atoms with Gasteiger partial charge in [-0.3, -0.25) is 0 Å². The third-order valence-electron chi connectivity index (χ3n) is 3.49. The standard InChI is InChI=1S/C14H27NO/c1-11-7-12(2)9-13(8-11)10-15-14(3,4)5-6-16/h7,11,13,15-16H,5-6,8-10H2,1-4H3. The molecular weight excluding hydrogens is 198 g/mol. The van der Waals surface area contributed by atoms with Crippen molar-refractivity contribution in [1.82, 2.24) is 5.32 Å². The third kappa shape index (κ3) is 4.67. The van der Waals surface area contributed by atoms with Crippen LogP contribution in [0.15, 0.2) is 11.6 Å². The second kappa shape index (κ2) is 5.83. The average Bonchev–Trinajstić information content (AvgIpc) is 2.13. The van der Waals surface area contributed by atoms with Crippen LogP contribution in [0.4, 0.5) is 0 Å². The Morgan fingerprint density at radius 3 is 2.75 bits per heavy atom. The van der Waals surface area contributed by atoms with Gasteiger partial charge in [0, 0.05) is 12.1 Å². The predicted octanol–water partition coefficient (Wildman–Crippen LogP) is 2.73. The summed E-state index contributed by atoms with van der Waals surface area (Å²) in [6.07, 6.45) is 5.74. The molecule has 2 nitrogen and oxygen atoms in total. The first kappa shape index (κ1) is 13.7. The first-order chi connectivity index (χ1) is 7.43. The van der Waals surface area contributed by atoms with Gasteiger partial charge in [0.05, 0.1) is 0 Å². The van der Waals surface area contributed by atoms with E-state index in [2.05, 4.69) is 39.1 Å². The number of rotatable bonds is 5. The fourth-order valence-corrected chi connectivity index (χ4v) is 2.63. The Morgan fingerprint density at radius 1 is 1.50 bits per heavy atom. The summed E-state index contributed by atoms with van der Waals surface area (Å²) in [4.78, 5) is 0. The van der Waals surface area contributed by atoms with Gasteiger partial charge < -0.3 is 10.4 Å². The minimum absolute atomic E-state index is 0.0626. The molecule has 1 aliphatic carbocycles. The van der Waals surface area contributed by atoms with E-state index in [-0.39, 0.29) is 12.1 Å². The molecule has 0 spiro atoms. The average molecular weight is 225 g/mol. The third-order valence-corrected chi connectivity index (χ3v) is 3.49. The highest BCUT2D eigenvalue weighted by Crippen LogP contribution is 2.27. The molecule has 1 aliphatic rings. The molecule has 2 unspecified atom stereocenters. The van der Waals surface area contributed by atoms with Gasteiger partial charge >= 0.3 is 0 Å². The fraction of sp³-hybridized carbons (Fsp3) is 0.857. The molecular formula is C14H27NO. The molecule has 1 rings (SSSR count). The Kier molecular flexibility index (Phi) is 5.00. The van der Waals surface area contributed by atoms with Gasteiger partial charge in [-0.15, -0.1) is 0 Å². The summed E-state index contributed by atoms with van der Waals surface area (Å²) < 4.78 is 0. The summed E-state index contributed by atoms with van der Waals surface area (Å²) >= 11 is 0. The number of allylic oxidation sites excluding steroid dienone is 2. The molecule has 0 aromatic heterocycles. The molecule has 0 bridgehead atoms. The number of nitrogens with one attached hydrogen (secondary N) is 1. The zero-order valence-corrected chi connectivity index (χ0v) is 11.2. The Balaban J connectivity index is 2.36. The molecule has 16 heavy (non-hydrogen) atoms. The van der Waals surface area contributed by atoms with E-state index in [1.807, 2.05) is 0 Å². The van der Waals surface area contributed by atoms with E-state index in [1.54, 1.807) is 0 Å². The van der Waals surface area contributed by atoms with Crippen LogP contribution in [0, 0.1) is 11.8 Å². The topological polar surface area (TPSA) is 32.3 Å². The number of hydrogen-bond donors (Lipinski definition) is 2. The van der Waals surface area contributed by atoms with E-state index in [0.29, 0.717) is 0 Å². The number of hydrogen-bond acceptors (Lipinski definition) is 2. The van der Waals surface area contributed by atoms with Gasteiger partial charge in [-0.05, 0) is 58.4 Å². The van der Waals surface area contributed by atoms with Crippen LogP contribution in [0.2, 0.25) is 0 Å². The molecule has 2 heteroatoms. The molecule has 0 radical (unpaired) electrons. The van der Waals surface area contributed by atoms with Crippen LogP contribution in [0.5, 0.6) is 0 Å². The minimum atomic E-state index is 0.0626. The quantitative estimate of drug-likeness (QED) is 0.705. The van der Waals surface area contributed by atoms with Crippen LogP contribution in [0.25, 0.3) is 0 Å². The van der Waals surface area contributed by atoms with Crippen LogP contribution < -0.4 is 5.32 Å². The van der Waals surface area contributed by atoms with Crippen molar-refractivity contribution in [2.45, 2.75) is 52.5 Å². The lowest BCUT2D eigenvalue weighted by molar-refractivity contribution is 0.221. The highest BCUT2D eigenvalue weighted by Gasteiger charge is 2.21. The Hall–Kier alpha value is -0.340. The zero-order chi connectivity index (χ0) is 12.2. The second-order valence-corrected chi connectivity index (χ2v) is 6.03. The van der Waals surface area contributed by atoms with E-state index in [4.69, 9.17) is 5.11 Å². The van der Waals surface area contributed by atoms with Crippen LogP contribution in [0.1, 0.15) is 47.0 Å². The summed E-state index contributed by atoms with van der Waals surface area (Å²) in [5.74, 6) is 1.49. The van der Waals surface area contributed by atoms with Crippen LogP contribution in [-0.4, -0.2) is 23.8 Å². The smallest absolute Gasteiger partial charge is 0.0448 e. The van der Waals surface area contributed by atoms with Gasteiger partial charge in [0.15, 0.2) is 0 Å². The second-order valence-electron chi connectivity index (χ2n) is 6.03. The van der Waals surface area contributed by atoms with Crippen molar-refractivity contribution in [3.05, 3.63) is 11.6 Å². The van der Waals surface area contributed by atoms with Crippen LogP contribution >= 0.6 is 0 Å². The Bertz CT molecular complexity index is 245. The lowest BCUT2D eigenvalue weighted by atomic mass is 9.83. The molecule has 0 amide bonds. The van der Waals surface area contributed by atoms with Crippen molar-refractivity contribution in [3.63, 3.8) is 0 Å². The summed E-state index contributed by atoms with van der Waals surface area (Å²) in [5.41, 5.74) is 1.60. The van der Waals surface area contributed by atoms with E-state index in [0.717, 1.165) is 24.8 Å². The molecule has 0 aromatic rings. The Morgan fingerprint density at radius 2 is 2.19 bits per heavy atom. The van der Waals surface area contributed by atoms with E-state index < -0.39 is 0 Å². The number of aliphatic hydroxyl groups is 1. The highest BCUT2D eigenvalue weighted by molar-refractivity contribution is 5.06. The lowest BCUT2D eigenvalue weighted by Crippen LogP contribution is -2.43. The van der Waals surface area contributed by atoms with Crippen LogP contribution in [-0.2, 0) is 0 Å². The molecule has 0 aromatic carbocycles. The normalized spacial score (nSPS) is 26.7. The van der Waals surface area contributed by atoms with Crippen molar-refractivity contribution in [2.24, 2.45) is 11.8 Å². The van der Waals surface area contributed by atoms with Gasteiger partial charge in [0.2, 0.25) is 0 Å². The first-order valence-corrected chi connectivity index (χ1v) is 6.46. The zero-order valence-electron chi connectivity index (χ0n) is 11.2. The molecule has 2 N–H and O–H groups in total. The summed E-state index contributed by atoms with van der Waals surface area (Å²) in [6, 6.07) is 0. The van der Waals surface area contributed by atoms with E-state index >= 15 is 0 Å². The van der Waals surface area contributed by atoms with Gasteiger partial charge in [-0.1, -0.05) is 18.6 Å². The molecule has 94 valence electrons. The maximum atomic E-state index is 8.97.